The molecule has 148 valence electrons. The van der Waals surface area contributed by atoms with Crippen molar-refractivity contribution < 1.29 is 18.3 Å². The molecular weight excluding hydrogens is 378 g/mol. The van der Waals surface area contributed by atoms with Gasteiger partial charge in [0, 0.05) is 45.8 Å². The van der Waals surface area contributed by atoms with Gasteiger partial charge < -0.3 is 10.0 Å². The van der Waals surface area contributed by atoms with Crippen molar-refractivity contribution in [2.24, 2.45) is 0 Å². The number of benzene rings is 2. The lowest BCUT2D eigenvalue weighted by Crippen LogP contribution is -2.47. The van der Waals surface area contributed by atoms with E-state index in [4.69, 9.17) is 5.11 Å². The highest BCUT2D eigenvalue weighted by Gasteiger charge is 2.30. The quantitative estimate of drug-likeness (QED) is 0.849. The van der Waals surface area contributed by atoms with Gasteiger partial charge in [0.05, 0.1) is 4.90 Å². The van der Waals surface area contributed by atoms with Crippen LogP contribution in [0.25, 0.3) is 0 Å². The Morgan fingerprint density at radius 2 is 1.46 bits per heavy atom. The summed E-state index contributed by atoms with van der Waals surface area (Å²) in [5.41, 5.74) is 3.14. The minimum Gasteiger partial charge on any atom is -0.465 e. The molecule has 0 radical (unpaired) electrons. The number of nitrogens with zero attached hydrogens (tertiary/aromatic N) is 3. The predicted molar refractivity (Wildman–Crippen MR) is 104 cm³/mol. The molecule has 8 heteroatoms. The fourth-order valence-corrected chi connectivity index (χ4v) is 5.14. The first kappa shape index (κ1) is 18.9. The molecule has 2 aromatic rings. The number of sulfonamides is 1. The van der Waals surface area contributed by atoms with Gasteiger partial charge in [0.2, 0.25) is 10.0 Å². The van der Waals surface area contributed by atoms with Crippen LogP contribution in [0.4, 0.5) is 4.79 Å². The van der Waals surface area contributed by atoms with Crippen molar-refractivity contribution in [2.45, 2.75) is 24.5 Å². The Balaban J connectivity index is 1.40. The van der Waals surface area contributed by atoms with Crippen LogP contribution in [-0.4, -0.2) is 59.9 Å². The Morgan fingerprint density at radius 1 is 0.893 bits per heavy atom. The van der Waals surface area contributed by atoms with E-state index in [1.54, 1.807) is 12.1 Å². The molecule has 0 atom stereocenters. The van der Waals surface area contributed by atoms with E-state index in [1.165, 1.54) is 9.21 Å². The number of carbonyl (C=O) groups is 1. The van der Waals surface area contributed by atoms with Gasteiger partial charge in [-0.2, -0.15) is 4.31 Å². The second-order valence-electron chi connectivity index (χ2n) is 7.23. The summed E-state index contributed by atoms with van der Waals surface area (Å²) < 4.78 is 27.4. The zero-order valence-electron chi connectivity index (χ0n) is 15.5. The van der Waals surface area contributed by atoms with Gasteiger partial charge in [0.15, 0.2) is 0 Å². The molecule has 0 spiro atoms. The lowest BCUT2D eigenvalue weighted by Gasteiger charge is -2.33. The molecule has 0 bridgehead atoms. The largest absolute Gasteiger partial charge is 0.465 e. The minimum atomic E-state index is -3.53. The van der Waals surface area contributed by atoms with Crippen LogP contribution in [0.15, 0.2) is 53.4 Å². The van der Waals surface area contributed by atoms with Crippen molar-refractivity contribution in [1.29, 1.82) is 0 Å². The molecule has 1 N–H and O–H groups in total. The molecule has 2 aromatic carbocycles. The Hall–Kier alpha value is -2.42. The summed E-state index contributed by atoms with van der Waals surface area (Å²) in [5.74, 6) is 0. The maximum atomic E-state index is 13.0. The summed E-state index contributed by atoms with van der Waals surface area (Å²) >= 11 is 0. The number of piperazine rings is 1. The van der Waals surface area contributed by atoms with Crippen LogP contribution in [-0.2, 0) is 29.7 Å². The molecule has 1 saturated heterocycles. The van der Waals surface area contributed by atoms with Crippen LogP contribution in [0.3, 0.4) is 0 Å². The van der Waals surface area contributed by atoms with Gasteiger partial charge in [0.1, 0.15) is 0 Å². The second kappa shape index (κ2) is 7.54. The van der Waals surface area contributed by atoms with E-state index in [0.29, 0.717) is 50.7 Å². The highest BCUT2D eigenvalue weighted by atomic mass is 32.2. The molecule has 2 aliphatic rings. The molecule has 28 heavy (non-hydrogen) atoms. The fourth-order valence-electron chi connectivity index (χ4n) is 3.74. The molecule has 0 unspecified atom stereocenters. The summed E-state index contributed by atoms with van der Waals surface area (Å²) in [6.07, 6.45) is -0.877. The molecule has 0 saturated carbocycles. The van der Waals surface area contributed by atoms with Gasteiger partial charge in [-0.3, -0.25) is 4.90 Å². The predicted octanol–water partition coefficient (Wildman–Crippen LogP) is 2.19. The van der Waals surface area contributed by atoms with Crippen molar-refractivity contribution in [2.75, 3.05) is 26.2 Å². The van der Waals surface area contributed by atoms with Gasteiger partial charge in [-0.1, -0.05) is 36.4 Å². The van der Waals surface area contributed by atoms with Crippen LogP contribution in [0, 0.1) is 0 Å². The molecular formula is C20H23N3O4S. The van der Waals surface area contributed by atoms with Gasteiger partial charge >= 0.3 is 6.09 Å². The van der Waals surface area contributed by atoms with Crippen molar-refractivity contribution in [1.82, 2.24) is 14.1 Å². The van der Waals surface area contributed by atoms with E-state index in [1.807, 2.05) is 36.4 Å². The molecule has 4 rings (SSSR count). The SMILES string of the molecule is O=C(O)N1CCN(Cc2ccc(S(=O)(=O)N3Cc4ccccc4C3)cc2)CC1. The van der Waals surface area contributed by atoms with Crippen LogP contribution in [0.2, 0.25) is 0 Å². The molecule has 0 aromatic heterocycles. The fraction of sp³-hybridized carbons (Fsp3) is 0.350. The Morgan fingerprint density at radius 3 is 2.00 bits per heavy atom. The minimum absolute atomic E-state index is 0.305. The van der Waals surface area contributed by atoms with E-state index >= 15 is 0 Å². The van der Waals surface area contributed by atoms with Crippen molar-refractivity contribution in [3.8, 4) is 0 Å². The third-order valence-corrected chi connectivity index (χ3v) is 7.23. The molecule has 7 nitrogen and oxygen atoms in total. The summed E-state index contributed by atoms with van der Waals surface area (Å²) in [6, 6.07) is 14.8. The van der Waals surface area contributed by atoms with Gasteiger partial charge in [-0.15, -0.1) is 0 Å². The average Bonchev–Trinajstić information content (AvgIpc) is 3.14. The standard InChI is InChI=1S/C20H23N3O4S/c24-20(25)22-11-9-21(10-12-22)13-16-5-7-19(8-6-16)28(26,27)23-14-17-3-1-2-4-18(17)15-23/h1-8H,9-15H2,(H,24,25). The van der Waals surface area contributed by atoms with Gasteiger partial charge in [-0.05, 0) is 28.8 Å². The van der Waals surface area contributed by atoms with Crippen molar-refractivity contribution in [3.63, 3.8) is 0 Å². The average molecular weight is 401 g/mol. The Bertz CT molecular complexity index is 942. The zero-order valence-corrected chi connectivity index (χ0v) is 16.3. The number of hydrogen-bond donors (Lipinski definition) is 1. The highest BCUT2D eigenvalue weighted by molar-refractivity contribution is 7.89. The van der Waals surface area contributed by atoms with E-state index in [9.17, 15) is 13.2 Å². The Kier molecular flexibility index (Phi) is 5.09. The van der Waals surface area contributed by atoms with Gasteiger partial charge in [0.25, 0.3) is 0 Å². The number of carboxylic acid groups (broad SMARTS) is 1. The zero-order chi connectivity index (χ0) is 19.7. The number of hydrogen-bond acceptors (Lipinski definition) is 4. The van der Waals surface area contributed by atoms with Crippen molar-refractivity contribution in [3.05, 3.63) is 65.2 Å². The topological polar surface area (TPSA) is 81.2 Å². The summed E-state index contributed by atoms with van der Waals surface area (Å²) in [5, 5.41) is 9.01. The molecule has 1 fully saturated rings. The summed E-state index contributed by atoms with van der Waals surface area (Å²) in [6.45, 7) is 3.86. The lowest BCUT2D eigenvalue weighted by molar-refractivity contribution is 0.103. The molecule has 0 aliphatic carbocycles. The molecule has 1 amide bonds. The normalized spacial score (nSPS) is 18.2. The first-order valence-corrected chi connectivity index (χ1v) is 10.7. The number of amides is 1. The Labute approximate surface area is 164 Å². The molecule has 2 aliphatic heterocycles. The van der Waals surface area contributed by atoms with E-state index in [-0.39, 0.29) is 0 Å². The van der Waals surface area contributed by atoms with Crippen molar-refractivity contribution >= 4 is 16.1 Å². The van der Waals surface area contributed by atoms with E-state index in [0.717, 1.165) is 16.7 Å². The number of rotatable bonds is 4. The van der Waals surface area contributed by atoms with Crippen LogP contribution < -0.4 is 0 Å². The lowest BCUT2D eigenvalue weighted by atomic mass is 10.1. The van der Waals surface area contributed by atoms with Crippen LogP contribution in [0.5, 0.6) is 0 Å². The van der Waals surface area contributed by atoms with E-state index < -0.39 is 16.1 Å². The molecule has 2 heterocycles. The third-order valence-electron chi connectivity index (χ3n) is 5.42. The smallest absolute Gasteiger partial charge is 0.407 e. The summed E-state index contributed by atoms with van der Waals surface area (Å²) in [7, 11) is -3.53. The van der Waals surface area contributed by atoms with Crippen LogP contribution >= 0.6 is 0 Å². The second-order valence-corrected chi connectivity index (χ2v) is 9.17. The maximum absolute atomic E-state index is 13.0. The highest BCUT2D eigenvalue weighted by Crippen LogP contribution is 2.28. The third kappa shape index (κ3) is 3.76. The van der Waals surface area contributed by atoms with Gasteiger partial charge in [-0.25, -0.2) is 13.2 Å². The maximum Gasteiger partial charge on any atom is 0.407 e. The summed E-state index contributed by atoms with van der Waals surface area (Å²) in [4.78, 5) is 14.9. The first-order valence-electron chi connectivity index (χ1n) is 9.29. The van der Waals surface area contributed by atoms with E-state index in [2.05, 4.69) is 4.90 Å². The first-order chi connectivity index (χ1) is 13.4. The monoisotopic (exact) mass is 401 g/mol. The number of fused-ring (bicyclic) bond motifs is 1. The van der Waals surface area contributed by atoms with Crippen LogP contribution in [0.1, 0.15) is 16.7 Å².